The van der Waals surface area contributed by atoms with Crippen LogP contribution in [-0.2, 0) is 0 Å². The summed E-state index contributed by atoms with van der Waals surface area (Å²) in [5.41, 5.74) is 0.908. The number of aliphatic hydroxyl groups excluding tert-OH is 2. The first-order valence-electron chi connectivity index (χ1n) is 6.41. The van der Waals surface area contributed by atoms with Crippen LogP contribution in [0.5, 0.6) is 0 Å². The van der Waals surface area contributed by atoms with Crippen molar-refractivity contribution in [2.24, 2.45) is 5.92 Å². The average Bonchev–Trinajstić information content (AvgIpc) is 2.34. The van der Waals surface area contributed by atoms with Gasteiger partial charge in [0.2, 0.25) is 0 Å². The summed E-state index contributed by atoms with van der Waals surface area (Å²) in [6, 6.07) is 7.73. The van der Waals surface area contributed by atoms with Crippen molar-refractivity contribution in [1.29, 1.82) is 0 Å². The van der Waals surface area contributed by atoms with Crippen LogP contribution in [0.2, 0.25) is 0 Å². The Labute approximate surface area is 117 Å². The summed E-state index contributed by atoms with van der Waals surface area (Å²) in [5.74, 6) is 0.363. The number of β-amino-alcohol motifs (C(OH)–C–C–N with tert-alkyl or cyclic N) is 2. The van der Waals surface area contributed by atoms with E-state index in [0.29, 0.717) is 19.0 Å². The molecule has 4 heteroatoms. The minimum Gasteiger partial charge on any atom is -0.392 e. The van der Waals surface area contributed by atoms with Gasteiger partial charge in [-0.1, -0.05) is 41.1 Å². The zero-order valence-electron chi connectivity index (χ0n) is 10.6. The number of nitrogens with zero attached hydrogens (tertiary/aromatic N) is 1. The third-order valence-electron chi connectivity index (χ3n) is 3.70. The number of aliphatic hydroxyl groups is 2. The molecule has 1 heterocycles. The van der Waals surface area contributed by atoms with Gasteiger partial charge in [0.15, 0.2) is 0 Å². The molecule has 1 aliphatic heterocycles. The summed E-state index contributed by atoms with van der Waals surface area (Å²) in [4.78, 5) is 2.13. The Bertz CT molecular complexity index is 399. The zero-order chi connectivity index (χ0) is 13.1. The summed E-state index contributed by atoms with van der Waals surface area (Å²) in [6.45, 7) is 4.25. The van der Waals surface area contributed by atoms with Gasteiger partial charge in [-0.25, -0.2) is 0 Å². The van der Waals surface area contributed by atoms with Crippen molar-refractivity contribution >= 4 is 15.9 Å². The first-order chi connectivity index (χ1) is 8.58. The molecule has 3 nitrogen and oxygen atoms in total. The Morgan fingerprint density at radius 1 is 1.44 bits per heavy atom. The monoisotopic (exact) mass is 313 g/mol. The molecule has 1 saturated heterocycles. The van der Waals surface area contributed by atoms with E-state index >= 15 is 0 Å². The number of hydrogen-bond donors (Lipinski definition) is 2. The second kappa shape index (κ2) is 6.15. The van der Waals surface area contributed by atoms with Gasteiger partial charge in [0.05, 0.1) is 12.2 Å². The number of rotatable bonds is 3. The molecule has 3 atom stereocenters. The van der Waals surface area contributed by atoms with Crippen LogP contribution in [0.3, 0.4) is 0 Å². The summed E-state index contributed by atoms with van der Waals surface area (Å²) >= 11 is 3.46. The molecule has 1 aromatic rings. The molecule has 0 saturated carbocycles. The first-order valence-corrected chi connectivity index (χ1v) is 7.20. The predicted molar refractivity (Wildman–Crippen MR) is 75.3 cm³/mol. The molecule has 0 aliphatic carbocycles. The van der Waals surface area contributed by atoms with Crippen molar-refractivity contribution in [3.05, 3.63) is 34.3 Å². The highest BCUT2D eigenvalue weighted by Gasteiger charge is 2.26. The SMILES string of the molecule is CC1CCN(CC(O)c2ccccc2Br)CC1O. The van der Waals surface area contributed by atoms with Crippen LogP contribution in [0.25, 0.3) is 0 Å². The van der Waals surface area contributed by atoms with Gasteiger partial charge in [-0.05, 0) is 30.5 Å². The Hall–Kier alpha value is -0.420. The largest absolute Gasteiger partial charge is 0.392 e. The standard InChI is InChI=1S/C14H20BrNO2/c1-10-6-7-16(8-13(10)17)9-14(18)11-4-2-3-5-12(11)15/h2-5,10,13-14,17-18H,6-9H2,1H3. The maximum absolute atomic E-state index is 10.3. The number of benzene rings is 1. The molecule has 0 bridgehead atoms. The Morgan fingerprint density at radius 3 is 2.83 bits per heavy atom. The Morgan fingerprint density at radius 2 is 2.17 bits per heavy atom. The van der Waals surface area contributed by atoms with Gasteiger partial charge in [-0.15, -0.1) is 0 Å². The van der Waals surface area contributed by atoms with Crippen LogP contribution in [0.4, 0.5) is 0 Å². The van der Waals surface area contributed by atoms with Crippen LogP contribution in [0, 0.1) is 5.92 Å². The van der Waals surface area contributed by atoms with Crippen molar-refractivity contribution in [2.45, 2.75) is 25.6 Å². The second-order valence-electron chi connectivity index (χ2n) is 5.13. The molecule has 1 aliphatic rings. The molecule has 2 rings (SSSR count). The number of halogens is 1. The van der Waals surface area contributed by atoms with Crippen molar-refractivity contribution in [3.8, 4) is 0 Å². The summed E-state index contributed by atoms with van der Waals surface area (Å²) in [5, 5.41) is 20.1. The third-order valence-corrected chi connectivity index (χ3v) is 4.42. The Kier molecular flexibility index (Phi) is 4.78. The van der Waals surface area contributed by atoms with Crippen molar-refractivity contribution in [2.75, 3.05) is 19.6 Å². The van der Waals surface area contributed by atoms with E-state index < -0.39 is 6.10 Å². The van der Waals surface area contributed by atoms with Crippen molar-refractivity contribution < 1.29 is 10.2 Å². The first kappa shape index (κ1) is 14.0. The lowest BCUT2D eigenvalue weighted by Crippen LogP contribution is -2.44. The molecule has 2 N–H and O–H groups in total. The van der Waals surface area contributed by atoms with E-state index in [4.69, 9.17) is 0 Å². The summed E-state index contributed by atoms with van der Waals surface area (Å²) in [7, 11) is 0. The molecule has 1 aromatic carbocycles. The van der Waals surface area contributed by atoms with Gasteiger partial charge in [0.1, 0.15) is 0 Å². The third kappa shape index (κ3) is 3.32. The average molecular weight is 314 g/mol. The van der Waals surface area contributed by atoms with Crippen LogP contribution in [0.1, 0.15) is 25.0 Å². The maximum Gasteiger partial charge on any atom is 0.0927 e. The molecular formula is C14H20BrNO2. The molecule has 100 valence electrons. The van der Waals surface area contributed by atoms with Crippen LogP contribution >= 0.6 is 15.9 Å². The van der Waals surface area contributed by atoms with Crippen LogP contribution < -0.4 is 0 Å². The van der Waals surface area contributed by atoms with E-state index in [1.165, 1.54) is 0 Å². The Balaban J connectivity index is 1.96. The van der Waals surface area contributed by atoms with E-state index in [2.05, 4.69) is 27.8 Å². The van der Waals surface area contributed by atoms with Gasteiger partial charge in [0, 0.05) is 17.6 Å². The van der Waals surface area contributed by atoms with Gasteiger partial charge >= 0.3 is 0 Å². The van der Waals surface area contributed by atoms with E-state index in [9.17, 15) is 10.2 Å². The van der Waals surface area contributed by atoms with Crippen molar-refractivity contribution in [1.82, 2.24) is 4.90 Å². The predicted octanol–water partition coefficient (Wildman–Crippen LogP) is 2.19. The van der Waals surface area contributed by atoms with E-state index in [0.717, 1.165) is 23.0 Å². The van der Waals surface area contributed by atoms with Gasteiger partial charge in [0.25, 0.3) is 0 Å². The van der Waals surface area contributed by atoms with Crippen molar-refractivity contribution in [3.63, 3.8) is 0 Å². The normalized spacial score (nSPS) is 27.1. The van der Waals surface area contributed by atoms with E-state index in [1.54, 1.807) is 0 Å². The highest BCUT2D eigenvalue weighted by atomic mass is 79.9. The van der Waals surface area contributed by atoms with Crippen LogP contribution in [-0.4, -0.2) is 40.9 Å². The zero-order valence-corrected chi connectivity index (χ0v) is 12.2. The van der Waals surface area contributed by atoms with Gasteiger partial charge < -0.3 is 10.2 Å². The molecule has 3 unspecified atom stereocenters. The lowest BCUT2D eigenvalue weighted by molar-refractivity contribution is 0.00848. The minimum atomic E-state index is -0.513. The molecule has 0 spiro atoms. The lowest BCUT2D eigenvalue weighted by atomic mass is 9.95. The highest BCUT2D eigenvalue weighted by molar-refractivity contribution is 9.10. The number of hydrogen-bond acceptors (Lipinski definition) is 3. The molecule has 0 amide bonds. The van der Waals surface area contributed by atoms with Crippen LogP contribution in [0.15, 0.2) is 28.7 Å². The van der Waals surface area contributed by atoms with E-state index in [-0.39, 0.29) is 6.10 Å². The number of piperidine rings is 1. The maximum atomic E-state index is 10.3. The van der Waals surface area contributed by atoms with Gasteiger partial charge in [-0.2, -0.15) is 0 Å². The molecule has 0 radical (unpaired) electrons. The second-order valence-corrected chi connectivity index (χ2v) is 5.98. The minimum absolute atomic E-state index is 0.273. The summed E-state index contributed by atoms with van der Waals surface area (Å²) < 4.78 is 0.934. The highest BCUT2D eigenvalue weighted by Crippen LogP contribution is 2.25. The lowest BCUT2D eigenvalue weighted by Gasteiger charge is -2.35. The smallest absolute Gasteiger partial charge is 0.0927 e. The van der Waals surface area contributed by atoms with E-state index in [1.807, 2.05) is 24.3 Å². The summed E-state index contributed by atoms with van der Waals surface area (Å²) in [6.07, 6.45) is 0.204. The number of likely N-dealkylation sites (tertiary alicyclic amines) is 1. The molecule has 18 heavy (non-hydrogen) atoms. The fourth-order valence-corrected chi connectivity index (χ4v) is 2.92. The molecule has 1 fully saturated rings. The van der Waals surface area contributed by atoms with Gasteiger partial charge in [-0.3, -0.25) is 4.90 Å². The topological polar surface area (TPSA) is 43.7 Å². The molecule has 0 aromatic heterocycles. The molecular weight excluding hydrogens is 294 g/mol. The quantitative estimate of drug-likeness (QED) is 0.899. The fourth-order valence-electron chi connectivity index (χ4n) is 2.37. The fraction of sp³-hybridized carbons (Fsp3) is 0.571.